The van der Waals surface area contributed by atoms with Crippen molar-refractivity contribution < 1.29 is 52.7 Å². The number of carbonyl (C=O) groups excluding carboxylic acids is 1. The van der Waals surface area contributed by atoms with Crippen molar-refractivity contribution in [1.82, 2.24) is 0 Å². The quantitative estimate of drug-likeness (QED) is 0.357. The molecule has 0 aliphatic carbocycles. The topological polar surface area (TPSA) is 94.6 Å². The summed E-state index contributed by atoms with van der Waals surface area (Å²) in [5, 5.41) is 0. The van der Waals surface area contributed by atoms with Crippen LogP contribution in [0.1, 0.15) is 26.7 Å². The minimum atomic E-state index is -6.69. The van der Waals surface area contributed by atoms with Gasteiger partial charge in [-0.3, -0.25) is 0 Å². The van der Waals surface area contributed by atoms with E-state index < -0.39 is 60.2 Å². The Morgan fingerprint density at radius 2 is 1.32 bits per heavy atom. The molecule has 0 aromatic rings. The van der Waals surface area contributed by atoms with Gasteiger partial charge in [0, 0.05) is 5.57 Å². The van der Waals surface area contributed by atoms with Gasteiger partial charge in [0.25, 0.3) is 19.7 Å². The van der Waals surface area contributed by atoms with Crippen LogP contribution in [-0.2, 0) is 29.2 Å². The molecule has 0 fully saturated rings. The van der Waals surface area contributed by atoms with E-state index in [4.69, 9.17) is 0 Å². The lowest BCUT2D eigenvalue weighted by Crippen LogP contribution is -2.45. The van der Waals surface area contributed by atoms with Crippen molar-refractivity contribution in [3.05, 3.63) is 12.2 Å². The van der Waals surface area contributed by atoms with Crippen molar-refractivity contribution in [2.24, 2.45) is 0 Å². The molecule has 1 atom stereocenters. The van der Waals surface area contributed by atoms with Crippen LogP contribution in [0.5, 0.6) is 0 Å². The van der Waals surface area contributed by atoms with Crippen molar-refractivity contribution in [1.29, 1.82) is 0 Å². The lowest BCUT2D eigenvalue weighted by molar-refractivity contribution is -0.143. The summed E-state index contributed by atoms with van der Waals surface area (Å²) in [4.78, 5) is 11.2. The first-order valence-electron chi connectivity index (χ1n) is 6.32. The van der Waals surface area contributed by atoms with Gasteiger partial charge in [-0.05, 0) is 26.7 Å². The number of esters is 1. The summed E-state index contributed by atoms with van der Waals surface area (Å²) in [6.07, 6.45) is -3.80. The zero-order chi connectivity index (χ0) is 20.4. The van der Waals surface area contributed by atoms with Crippen LogP contribution >= 0.6 is 0 Å². The Labute approximate surface area is 139 Å². The van der Waals surface area contributed by atoms with Crippen LogP contribution in [0.3, 0.4) is 0 Å². The molecule has 0 saturated carbocycles. The van der Waals surface area contributed by atoms with Gasteiger partial charge in [-0.15, -0.1) is 0 Å². The maximum atomic E-state index is 12.5. The van der Waals surface area contributed by atoms with E-state index in [1.807, 2.05) is 0 Å². The van der Waals surface area contributed by atoms with Crippen LogP contribution in [0.25, 0.3) is 0 Å². The van der Waals surface area contributed by atoms with Gasteiger partial charge in [0.1, 0.15) is 0 Å². The molecule has 0 spiro atoms. The Morgan fingerprint density at radius 1 is 0.960 bits per heavy atom. The molecule has 0 rings (SSSR count). The first-order valence-corrected chi connectivity index (χ1v) is 9.41. The highest BCUT2D eigenvalue weighted by Crippen LogP contribution is 2.38. The molecule has 0 radical (unpaired) electrons. The Balaban J connectivity index is 5.69. The fourth-order valence-electron chi connectivity index (χ4n) is 1.49. The number of carbonyl (C=O) groups is 1. The molecular weight excluding hydrogens is 406 g/mol. The van der Waals surface area contributed by atoms with E-state index in [1.54, 1.807) is 0 Å². The van der Waals surface area contributed by atoms with Gasteiger partial charge in [0.05, 0.1) is 6.10 Å². The van der Waals surface area contributed by atoms with E-state index in [0.717, 1.165) is 6.92 Å². The van der Waals surface area contributed by atoms with Gasteiger partial charge in [-0.25, -0.2) is 21.6 Å². The highest BCUT2D eigenvalue weighted by molar-refractivity contribution is 8.09. The van der Waals surface area contributed by atoms with Gasteiger partial charge >= 0.3 is 17.0 Å². The van der Waals surface area contributed by atoms with Crippen molar-refractivity contribution in [3.63, 3.8) is 0 Å². The molecule has 0 aliphatic heterocycles. The molecule has 0 N–H and O–H groups in total. The second-order valence-corrected chi connectivity index (χ2v) is 9.53. The fraction of sp³-hybridized carbons (Fsp3) is 0.727. The summed E-state index contributed by atoms with van der Waals surface area (Å²) in [5.74, 6) is -1.03. The number of alkyl halides is 6. The van der Waals surface area contributed by atoms with E-state index in [9.17, 15) is 48.0 Å². The summed E-state index contributed by atoms with van der Waals surface area (Å²) in [5.41, 5.74) is -12.6. The van der Waals surface area contributed by atoms with Crippen LogP contribution in [0.15, 0.2) is 12.2 Å². The summed E-state index contributed by atoms with van der Waals surface area (Å²) in [7, 11) is -13.4. The van der Waals surface area contributed by atoms with E-state index in [0.29, 0.717) is 0 Å². The molecule has 25 heavy (non-hydrogen) atoms. The van der Waals surface area contributed by atoms with Crippen LogP contribution in [0.2, 0.25) is 0 Å². The Hall–Kier alpha value is -1.31. The fourth-order valence-corrected chi connectivity index (χ4v) is 4.97. The first-order chi connectivity index (χ1) is 10.9. The minimum absolute atomic E-state index is 0.130. The standard InChI is InChI=1S/C11H14F6O6S2/c1-6(2)9(18)23-7(3)4-5-8(24(19,20)10(12,13)14)25(21,22)11(15,16)17/h7-8H,1,4-5H2,2-3H3. The van der Waals surface area contributed by atoms with E-state index >= 15 is 0 Å². The van der Waals surface area contributed by atoms with E-state index in [-0.39, 0.29) is 5.57 Å². The Morgan fingerprint density at radius 3 is 1.60 bits per heavy atom. The van der Waals surface area contributed by atoms with Gasteiger partial charge in [-0.2, -0.15) is 26.3 Å². The largest absolute Gasteiger partial charge is 0.498 e. The maximum absolute atomic E-state index is 12.5. The average molecular weight is 420 g/mol. The molecule has 0 aliphatic rings. The van der Waals surface area contributed by atoms with Crippen molar-refractivity contribution in [3.8, 4) is 0 Å². The zero-order valence-electron chi connectivity index (χ0n) is 12.8. The van der Waals surface area contributed by atoms with E-state index in [2.05, 4.69) is 11.3 Å². The Bertz CT molecular complexity index is 675. The summed E-state index contributed by atoms with van der Waals surface area (Å²) < 4.78 is 121. The summed E-state index contributed by atoms with van der Waals surface area (Å²) in [6.45, 7) is 5.43. The predicted octanol–water partition coefficient (Wildman–Crippen LogP) is 2.47. The third kappa shape index (κ3) is 5.59. The van der Waals surface area contributed by atoms with Gasteiger partial charge in [0.2, 0.25) is 0 Å². The number of halogens is 6. The lowest BCUT2D eigenvalue weighted by Gasteiger charge is -2.22. The van der Waals surface area contributed by atoms with Crippen molar-refractivity contribution >= 4 is 25.6 Å². The lowest BCUT2D eigenvalue weighted by atomic mass is 10.2. The normalized spacial score (nSPS) is 15.1. The summed E-state index contributed by atoms with van der Waals surface area (Å²) >= 11 is 0. The number of hydrogen-bond acceptors (Lipinski definition) is 6. The zero-order valence-corrected chi connectivity index (χ0v) is 14.4. The number of rotatable bonds is 7. The molecule has 0 amide bonds. The molecule has 6 nitrogen and oxygen atoms in total. The molecule has 0 aromatic carbocycles. The molecule has 0 saturated heterocycles. The van der Waals surface area contributed by atoms with Gasteiger partial charge < -0.3 is 4.74 Å². The molecular formula is C11H14F6O6S2. The summed E-state index contributed by atoms with van der Waals surface area (Å²) in [6, 6.07) is 0. The van der Waals surface area contributed by atoms with Crippen LogP contribution in [0, 0.1) is 0 Å². The SMILES string of the molecule is C=C(C)C(=O)OC(C)CCC(S(=O)(=O)C(F)(F)F)S(=O)(=O)C(F)(F)F. The second-order valence-electron chi connectivity index (χ2n) is 4.98. The van der Waals surface area contributed by atoms with E-state index in [1.165, 1.54) is 6.92 Å². The molecule has 0 aromatic heterocycles. The van der Waals surface area contributed by atoms with Crippen LogP contribution in [0.4, 0.5) is 26.3 Å². The number of ether oxygens (including phenoxy) is 1. The maximum Gasteiger partial charge on any atom is 0.498 e. The second kappa shape index (κ2) is 7.51. The van der Waals surface area contributed by atoms with Crippen LogP contribution < -0.4 is 0 Å². The van der Waals surface area contributed by atoms with Crippen LogP contribution in [-0.4, -0.2) is 44.5 Å². The highest BCUT2D eigenvalue weighted by atomic mass is 32.3. The number of sulfone groups is 2. The highest BCUT2D eigenvalue weighted by Gasteiger charge is 2.62. The molecule has 148 valence electrons. The first kappa shape index (κ1) is 23.7. The molecule has 14 heteroatoms. The van der Waals surface area contributed by atoms with Gasteiger partial charge in [-0.1, -0.05) is 6.58 Å². The minimum Gasteiger partial charge on any atom is -0.459 e. The third-order valence-corrected chi connectivity index (χ3v) is 7.47. The van der Waals surface area contributed by atoms with Crippen molar-refractivity contribution in [2.45, 2.75) is 48.4 Å². The third-order valence-electron chi connectivity index (χ3n) is 2.80. The Kier molecular flexibility index (Phi) is 7.12. The monoisotopic (exact) mass is 420 g/mol. The number of hydrogen-bond donors (Lipinski definition) is 0. The van der Waals surface area contributed by atoms with Gasteiger partial charge in [0.15, 0.2) is 4.58 Å². The molecule has 0 heterocycles. The molecule has 1 unspecified atom stereocenters. The molecule has 0 bridgehead atoms. The smallest absolute Gasteiger partial charge is 0.459 e. The predicted molar refractivity (Wildman–Crippen MR) is 73.3 cm³/mol. The average Bonchev–Trinajstić information content (AvgIpc) is 2.35. The van der Waals surface area contributed by atoms with Crippen molar-refractivity contribution in [2.75, 3.05) is 0 Å².